The largest absolute Gasteiger partial charge is 0.335 e. The van der Waals surface area contributed by atoms with Gasteiger partial charge in [0.05, 0.1) is 10.4 Å². The van der Waals surface area contributed by atoms with Crippen molar-refractivity contribution < 1.29 is 12.9 Å². The minimum Gasteiger partial charge on any atom is -0.335 e. The van der Waals surface area contributed by atoms with Crippen molar-refractivity contribution in [1.82, 2.24) is 14.9 Å². The average molecular weight is 399 g/mol. The molecule has 0 spiro atoms. The van der Waals surface area contributed by atoms with Gasteiger partial charge in [0.25, 0.3) is 5.89 Å². The van der Waals surface area contributed by atoms with Gasteiger partial charge in [-0.25, -0.2) is 13.1 Å². The van der Waals surface area contributed by atoms with E-state index in [1.165, 1.54) is 0 Å². The van der Waals surface area contributed by atoms with Crippen LogP contribution in [-0.2, 0) is 15.6 Å². The molecule has 1 aliphatic rings. The minimum absolute atomic E-state index is 0. The molecule has 0 bridgehead atoms. The summed E-state index contributed by atoms with van der Waals surface area (Å²) in [6, 6.07) is 6.56. The molecule has 0 atom stereocenters. The van der Waals surface area contributed by atoms with Crippen LogP contribution in [0.1, 0.15) is 49.9 Å². The molecule has 2 aromatic rings. The Morgan fingerprint density at radius 3 is 2.50 bits per heavy atom. The minimum atomic E-state index is -3.44. The second-order valence-corrected chi connectivity index (χ2v) is 7.99. The van der Waals surface area contributed by atoms with Gasteiger partial charge in [-0.2, -0.15) is 4.98 Å². The molecule has 0 saturated heterocycles. The van der Waals surface area contributed by atoms with Crippen molar-refractivity contribution in [2.75, 3.05) is 6.54 Å². The molecule has 7 nitrogen and oxygen atoms in total. The van der Waals surface area contributed by atoms with Gasteiger partial charge in [-0.3, -0.25) is 0 Å². The maximum absolute atomic E-state index is 11.9. The fourth-order valence-electron chi connectivity index (χ4n) is 2.93. The zero-order chi connectivity index (χ0) is 17.9. The van der Waals surface area contributed by atoms with Crippen molar-refractivity contribution in [3.05, 3.63) is 41.5 Å². The van der Waals surface area contributed by atoms with E-state index in [4.69, 9.17) is 10.3 Å². The normalized spacial score (nSPS) is 16.7. The summed E-state index contributed by atoms with van der Waals surface area (Å²) >= 11 is 0. The summed E-state index contributed by atoms with van der Waals surface area (Å²) in [6.45, 7) is 2.09. The molecule has 1 aliphatic carbocycles. The van der Waals surface area contributed by atoms with E-state index in [0.29, 0.717) is 18.3 Å². The number of benzene rings is 1. The molecule has 142 valence electrons. The van der Waals surface area contributed by atoms with Crippen molar-refractivity contribution in [3.8, 4) is 0 Å². The number of hydrogen-bond donors (Lipinski definition) is 2. The molecule has 3 rings (SSSR count). The van der Waals surface area contributed by atoms with Gasteiger partial charge in [0, 0.05) is 12.6 Å². The Labute approximate surface area is 159 Å². The van der Waals surface area contributed by atoms with Gasteiger partial charge in [-0.15, -0.1) is 12.4 Å². The lowest BCUT2D eigenvalue weighted by molar-refractivity contribution is 0.364. The number of aromatic nitrogens is 2. The first kappa shape index (κ1) is 20.6. The Morgan fingerprint density at radius 2 is 1.88 bits per heavy atom. The maximum atomic E-state index is 11.9. The summed E-state index contributed by atoms with van der Waals surface area (Å²) in [5, 5.41) is 4.00. The van der Waals surface area contributed by atoms with Crippen LogP contribution in [-0.4, -0.2) is 25.1 Å². The zero-order valence-corrected chi connectivity index (χ0v) is 16.1. The molecule has 1 heterocycles. The molecule has 0 radical (unpaired) electrons. The monoisotopic (exact) mass is 398 g/mol. The maximum Gasteiger partial charge on any atom is 0.250 e. The SMILES string of the molecule is CCNS(=O)(=O)c1ccc(/C=C/c2nc(C3(N)CCCC3)no2)cc1.Cl. The van der Waals surface area contributed by atoms with Crippen LogP contribution in [0.5, 0.6) is 0 Å². The molecular formula is C17H23ClN4O3S. The number of nitrogens with zero attached hydrogens (tertiary/aromatic N) is 2. The molecule has 1 aromatic carbocycles. The van der Waals surface area contributed by atoms with Crippen LogP contribution < -0.4 is 10.5 Å². The van der Waals surface area contributed by atoms with Crippen LogP contribution in [0.25, 0.3) is 12.2 Å². The van der Waals surface area contributed by atoms with Gasteiger partial charge in [-0.1, -0.05) is 37.1 Å². The van der Waals surface area contributed by atoms with Crippen LogP contribution in [0.15, 0.2) is 33.7 Å². The van der Waals surface area contributed by atoms with Gasteiger partial charge in [-0.05, 0) is 36.6 Å². The summed E-state index contributed by atoms with van der Waals surface area (Å²) in [5.41, 5.74) is 6.67. The Balaban J connectivity index is 0.00000243. The second-order valence-electron chi connectivity index (χ2n) is 6.22. The smallest absolute Gasteiger partial charge is 0.250 e. The van der Waals surface area contributed by atoms with Crippen LogP contribution in [0.4, 0.5) is 0 Å². The van der Waals surface area contributed by atoms with E-state index in [9.17, 15) is 8.42 Å². The standard InChI is InChI=1S/C17H22N4O3S.ClH/c1-2-19-25(22,23)14-8-5-13(6-9-14)7-10-15-20-16(21-24-15)17(18)11-3-4-12-17;/h5-10,19H,2-4,11-12,18H2,1H3;1H/b10-7+;. The number of hydrogen-bond acceptors (Lipinski definition) is 6. The summed E-state index contributed by atoms with van der Waals surface area (Å²) in [6.07, 6.45) is 7.40. The lowest BCUT2D eigenvalue weighted by Crippen LogP contribution is -2.34. The van der Waals surface area contributed by atoms with Gasteiger partial charge in [0.15, 0.2) is 5.82 Å². The van der Waals surface area contributed by atoms with Gasteiger partial charge in [0.2, 0.25) is 10.0 Å². The average Bonchev–Trinajstić information content (AvgIpc) is 3.23. The third-order valence-corrected chi connectivity index (χ3v) is 5.89. The van der Waals surface area contributed by atoms with Gasteiger partial charge in [0.1, 0.15) is 0 Å². The van der Waals surface area contributed by atoms with Crippen LogP contribution >= 0.6 is 12.4 Å². The van der Waals surface area contributed by atoms with E-state index in [0.717, 1.165) is 31.2 Å². The first-order valence-electron chi connectivity index (χ1n) is 8.34. The summed E-state index contributed by atoms with van der Waals surface area (Å²) in [7, 11) is -3.44. The van der Waals surface area contributed by atoms with Crippen molar-refractivity contribution in [1.29, 1.82) is 0 Å². The molecule has 0 aliphatic heterocycles. The summed E-state index contributed by atoms with van der Waals surface area (Å²) in [4.78, 5) is 4.60. The van der Waals surface area contributed by atoms with Crippen molar-refractivity contribution >= 4 is 34.6 Å². The van der Waals surface area contributed by atoms with Crippen LogP contribution in [0, 0.1) is 0 Å². The van der Waals surface area contributed by atoms with Crippen molar-refractivity contribution in [2.24, 2.45) is 5.73 Å². The second kappa shape index (κ2) is 8.30. The number of halogens is 1. The molecule has 0 amide bonds. The van der Waals surface area contributed by atoms with E-state index in [1.807, 2.05) is 0 Å². The van der Waals surface area contributed by atoms with E-state index in [1.54, 1.807) is 43.3 Å². The molecule has 3 N–H and O–H groups in total. The number of sulfonamides is 1. The molecule has 9 heteroatoms. The molecule has 0 unspecified atom stereocenters. The van der Waals surface area contributed by atoms with E-state index in [-0.39, 0.29) is 17.3 Å². The first-order valence-corrected chi connectivity index (χ1v) is 9.82. The predicted molar refractivity (Wildman–Crippen MR) is 102 cm³/mol. The molecular weight excluding hydrogens is 376 g/mol. The molecule has 26 heavy (non-hydrogen) atoms. The lowest BCUT2D eigenvalue weighted by Gasteiger charge is -2.17. The quantitative estimate of drug-likeness (QED) is 0.773. The summed E-state index contributed by atoms with van der Waals surface area (Å²) in [5.74, 6) is 0.938. The van der Waals surface area contributed by atoms with E-state index < -0.39 is 15.6 Å². The predicted octanol–water partition coefficient (Wildman–Crippen LogP) is 2.69. The highest BCUT2D eigenvalue weighted by molar-refractivity contribution is 7.89. The Bertz CT molecular complexity index is 856. The van der Waals surface area contributed by atoms with Gasteiger partial charge < -0.3 is 10.3 Å². The zero-order valence-electron chi connectivity index (χ0n) is 14.5. The third-order valence-electron chi connectivity index (χ3n) is 4.33. The molecule has 1 aromatic heterocycles. The van der Waals surface area contributed by atoms with E-state index in [2.05, 4.69) is 14.9 Å². The molecule has 1 saturated carbocycles. The fraction of sp³-hybridized carbons (Fsp3) is 0.412. The topological polar surface area (TPSA) is 111 Å². The highest BCUT2D eigenvalue weighted by Crippen LogP contribution is 2.34. The van der Waals surface area contributed by atoms with Crippen LogP contribution in [0.2, 0.25) is 0 Å². The number of rotatable bonds is 6. The number of nitrogens with one attached hydrogen (secondary N) is 1. The Kier molecular flexibility index (Phi) is 6.57. The number of nitrogens with two attached hydrogens (primary N) is 1. The van der Waals surface area contributed by atoms with Crippen molar-refractivity contribution in [2.45, 2.75) is 43.0 Å². The Hall–Kier alpha value is -1.74. The molecule has 1 fully saturated rings. The first-order chi connectivity index (χ1) is 11.9. The lowest BCUT2D eigenvalue weighted by atomic mass is 9.99. The fourth-order valence-corrected chi connectivity index (χ4v) is 3.97. The van der Waals surface area contributed by atoms with Crippen molar-refractivity contribution in [3.63, 3.8) is 0 Å². The third kappa shape index (κ3) is 4.50. The summed E-state index contributed by atoms with van der Waals surface area (Å²) < 4.78 is 31.5. The van der Waals surface area contributed by atoms with Gasteiger partial charge >= 0.3 is 0 Å². The highest BCUT2D eigenvalue weighted by atomic mass is 35.5. The van der Waals surface area contributed by atoms with E-state index >= 15 is 0 Å². The Morgan fingerprint density at radius 1 is 1.23 bits per heavy atom. The highest BCUT2D eigenvalue weighted by Gasteiger charge is 2.35. The van der Waals surface area contributed by atoms with Crippen LogP contribution in [0.3, 0.4) is 0 Å².